The Morgan fingerprint density at radius 2 is 1.83 bits per heavy atom. The number of amides is 1. The van der Waals surface area contributed by atoms with Crippen LogP contribution in [-0.2, 0) is 7.05 Å². The number of fused-ring (bicyclic) bond motifs is 2. The van der Waals surface area contributed by atoms with Crippen molar-refractivity contribution in [3.63, 3.8) is 0 Å². The number of aryl methyl sites for hydroxylation is 1. The summed E-state index contributed by atoms with van der Waals surface area (Å²) in [4.78, 5) is 24.3. The average Bonchev–Trinajstić information content (AvgIpc) is 3.26. The van der Waals surface area contributed by atoms with Crippen molar-refractivity contribution < 1.29 is 4.79 Å². The maximum Gasteiger partial charge on any atom is 0.271 e. The number of unbranched alkanes of at least 4 members (excludes halogenated alkanes) is 1. The molecule has 0 radical (unpaired) electrons. The van der Waals surface area contributed by atoms with Gasteiger partial charge >= 0.3 is 0 Å². The predicted octanol–water partition coefficient (Wildman–Crippen LogP) is 5.17. The van der Waals surface area contributed by atoms with E-state index in [2.05, 4.69) is 92.9 Å². The van der Waals surface area contributed by atoms with Gasteiger partial charge in [-0.3, -0.25) is 4.79 Å². The molecule has 2 aliphatic heterocycles. The van der Waals surface area contributed by atoms with Crippen molar-refractivity contribution in [3.8, 4) is 0 Å². The summed E-state index contributed by atoms with van der Waals surface area (Å²) in [5.74, 6) is 0.140. The summed E-state index contributed by atoms with van der Waals surface area (Å²) >= 11 is 0. The molecule has 4 heterocycles. The highest BCUT2D eigenvalue weighted by atomic mass is 16.2. The number of benzene rings is 2. The molecule has 6 rings (SSSR count). The normalized spacial score (nSPS) is 20.8. The fourth-order valence-electron chi connectivity index (χ4n) is 5.88. The number of nitrogens with zero attached hydrogens (tertiary/aromatic N) is 4. The standard InChI is InChI=1S/C29H35N5O/c1-4-5-10-25-28(23-19-30-24-9-7-6-8-22(23)24)34(25)29(35)27-17-20-11-12-21(18-26(20)32(27)3)33-15-13-31(2)14-16-33/h6-9,11-12,17-19,25,28,30H,4-5,10,13-16H2,1-3H3. The Balaban J connectivity index is 1.31. The second kappa shape index (κ2) is 8.76. The first-order chi connectivity index (χ1) is 17.1. The number of anilines is 1. The van der Waals surface area contributed by atoms with Gasteiger partial charge in [-0.2, -0.15) is 0 Å². The number of likely N-dealkylation sites (N-methyl/N-ethyl adjacent to an activating group) is 1. The van der Waals surface area contributed by atoms with E-state index in [9.17, 15) is 4.79 Å². The van der Waals surface area contributed by atoms with Crippen molar-refractivity contribution in [3.05, 3.63) is 66.0 Å². The Bertz CT molecular complexity index is 1380. The van der Waals surface area contributed by atoms with Crippen molar-refractivity contribution in [2.75, 3.05) is 38.1 Å². The van der Waals surface area contributed by atoms with Gasteiger partial charge in [-0.1, -0.05) is 44.0 Å². The lowest BCUT2D eigenvalue weighted by molar-refractivity contribution is 0.0854. The van der Waals surface area contributed by atoms with Crippen molar-refractivity contribution in [1.82, 2.24) is 19.4 Å². The molecule has 2 atom stereocenters. The topological polar surface area (TPSA) is 47.3 Å². The molecule has 2 fully saturated rings. The van der Waals surface area contributed by atoms with E-state index in [0.29, 0.717) is 0 Å². The van der Waals surface area contributed by atoms with E-state index in [0.717, 1.165) is 67.6 Å². The largest absolute Gasteiger partial charge is 0.369 e. The molecular formula is C29H35N5O. The minimum absolute atomic E-state index is 0.140. The number of aromatic nitrogens is 2. The number of carbonyl (C=O) groups excluding carboxylic acids is 1. The zero-order chi connectivity index (χ0) is 24.1. The van der Waals surface area contributed by atoms with Gasteiger partial charge in [-0.15, -0.1) is 0 Å². The highest BCUT2D eigenvalue weighted by Gasteiger charge is 2.52. The average molecular weight is 470 g/mol. The molecule has 1 N–H and O–H groups in total. The van der Waals surface area contributed by atoms with Gasteiger partial charge in [0.1, 0.15) is 5.69 Å². The molecule has 2 unspecified atom stereocenters. The van der Waals surface area contributed by atoms with Gasteiger partial charge in [0.2, 0.25) is 0 Å². The number of hydrogen-bond acceptors (Lipinski definition) is 3. The highest BCUT2D eigenvalue weighted by Crippen LogP contribution is 2.49. The summed E-state index contributed by atoms with van der Waals surface area (Å²) in [5.41, 5.74) is 5.53. The smallest absolute Gasteiger partial charge is 0.271 e. The van der Waals surface area contributed by atoms with Crippen molar-refractivity contribution in [2.24, 2.45) is 7.05 Å². The summed E-state index contributed by atoms with van der Waals surface area (Å²) < 4.78 is 2.10. The second-order valence-corrected chi connectivity index (χ2v) is 10.3. The van der Waals surface area contributed by atoms with Crippen LogP contribution in [0.2, 0.25) is 0 Å². The molecule has 0 aliphatic carbocycles. The third-order valence-corrected chi connectivity index (χ3v) is 8.08. The van der Waals surface area contributed by atoms with E-state index < -0.39 is 0 Å². The Labute approximate surface area is 207 Å². The van der Waals surface area contributed by atoms with E-state index in [-0.39, 0.29) is 18.0 Å². The number of carbonyl (C=O) groups is 1. The van der Waals surface area contributed by atoms with Crippen LogP contribution in [0.15, 0.2) is 54.7 Å². The first-order valence-electron chi connectivity index (χ1n) is 13.0. The van der Waals surface area contributed by atoms with Crippen LogP contribution in [-0.4, -0.2) is 64.5 Å². The molecule has 2 aliphatic rings. The third kappa shape index (κ3) is 3.80. The summed E-state index contributed by atoms with van der Waals surface area (Å²) in [6.07, 6.45) is 5.42. The number of rotatable bonds is 6. The minimum atomic E-state index is 0.140. The van der Waals surface area contributed by atoms with Crippen LogP contribution in [0, 0.1) is 0 Å². The Morgan fingerprint density at radius 1 is 1.03 bits per heavy atom. The molecule has 0 saturated carbocycles. The predicted molar refractivity (Wildman–Crippen MR) is 143 cm³/mol. The van der Waals surface area contributed by atoms with Crippen molar-refractivity contribution in [1.29, 1.82) is 0 Å². The molecule has 182 valence electrons. The van der Waals surface area contributed by atoms with Crippen LogP contribution < -0.4 is 4.90 Å². The van der Waals surface area contributed by atoms with Crippen LogP contribution in [0.1, 0.15) is 48.3 Å². The van der Waals surface area contributed by atoms with Crippen LogP contribution in [0.3, 0.4) is 0 Å². The third-order valence-electron chi connectivity index (χ3n) is 8.08. The first-order valence-corrected chi connectivity index (χ1v) is 13.0. The molecule has 0 bridgehead atoms. The Hall–Kier alpha value is -3.25. The number of hydrogen-bond donors (Lipinski definition) is 1. The molecule has 1 amide bonds. The fourth-order valence-corrected chi connectivity index (χ4v) is 5.88. The quantitative estimate of drug-likeness (QED) is 0.397. The minimum Gasteiger partial charge on any atom is -0.369 e. The highest BCUT2D eigenvalue weighted by molar-refractivity contribution is 6.01. The van der Waals surface area contributed by atoms with Gasteiger partial charge in [0.15, 0.2) is 0 Å². The lowest BCUT2D eigenvalue weighted by Crippen LogP contribution is -2.44. The van der Waals surface area contributed by atoms with Gasteiger partial charge in [-0.05, 0) is 37.7 Å². The second-order valence-electron chi connectivity index (χ2n) is 10.3. The number of piperazine rings is 1. The van der Waals surface area contributed by atoms with E-state index >= 15 is 0 Å². The summed E-state index contributed by atoms with van der Waals surface area (Å²) in [5, 5.41) is 2.35. The van der Waals surface area contributed by atoms with E-state index in [1.54, 1.807) is 0 Å². The van der Waals surface area contributed by atoms with Gasteiger partial charge in [0.25, 0.3) is 5.91 Å². The van der Waals surface area contributed by atoms with Gasteiger partial charge < -0.3 is 24.3 Å². The number of para-hydroxylation sites is 1. The Morgan fingerprint density at radius 3 is 2.63 bits per heavy atom. The number of H-pyrrole nitrogens is 1. The summed E-state index contributed by atoms with van der Waals surface area (Å²) in [7, 11) is 4.22. The molecule has 2 aromatic carbocycles. The molecule has 35 heavy (non-hydrogen) atoms. The Kier molecular flexibility index (Phi) is 5.56. The molecule has 6 heteroatoms. The molecular weight excluding hydrogens is 434 g/mol. The maximum absolute atomic E-state index is 13.9. The molecule has 4 aromatic rings. The van der Waals surface area contributed by atoms with Crippen molar-refractivity contribution >= 4 is 33.4 Å². The van der Waals surface area contributed by atoms with Crippen LogP contribution in [0.4, 0.5) is 5.69 Å². The van der Waals surface area contributed by atoms with E-state index in [1.165, 1.54) is 16.6 Å². The van der Waals surface area contributed by atoms with Crippen LogP contribution in [0.5, 0.6) is 0 Å². The summed E-state index contributed by atoms with van der Waals surface area (Å²) in [6.45, 7) is 6.46. The molecule has 6 nitrogen and oxygen atoms in total. The van der Waals surface area contributed by atoms with Gasteiger partial charge in [0, 0.05) is 67.0 Å². The number of nitrogens with one attached hydrogen (secondary N) is 1. The van der Waals surface area contributed by atoms with Gasteiger partial charge in [0.05, 0.1) is 17.6 Å². The SMILES string of the molecule is CCCCC1C(c2c[nH]c3ccccc23)N1C(=O)c1cc2ccc(N3CCN(C)CC3)cc2n1C. The zero-order valence-electron chi connectivity index (χ0n) is 21.0. The van der Waals surface area contributed by atoms with E-state index in [4.69, 9.17) is 0 Å². The fraction of sp³-hybridized carbons (Fsp3) is 0.414. The van der Waals surface area contributed by atoms with Crippen LogP contribution >= 0.6 is 0 Å². The van der Waals surface area contributed by atoms with E-state index in [1.807, 2.05) is 7.05 Å². The summed E-state index contributed by atoms with van der Waals surface area (Å²) in [6, 6.07) is 17.5. The first kappa shape index (κ1) is 22.2. The lowest BCUT2D eigenvalue weighted by atomic mass is 10.1. The van der Waals surface area contributed by atoms with Crippen molar-refractivity contribution in [2.45, 2.75) is 38.3 Å². The molecule has 0 spiro atoms. The molecule has 2 saturated heterocycles. The van der Waals surface area contributed by atoms with Gasteiger partial charge in [-0.25, -0.2) is 0 Å². The molecule has 2 aromatic heterocycles. The zero-order valence-corrected chi connectivity index (χ0v) is 21.0. The number of aromatic amines is 1. The maximum atomic E-state index is 13.9. The lowest BCUT2D eigenvalue weighted by Gasteiger charge is -2.34. The van der Waals surface area contributed by atoms with Crippen LogP contribution in [0.25, 0.3) is 21.8 Å². The monoisotopic (exact) mass is 469 g/mol.